The van der Waals surface area contributed by atoms with Crippen molar-refractivity contribution in [2.45, 2.75) is 64.8 Å². The van der Waals surface area contributed by atoms with Gasteiger partial charge in [-0.3, -0.25) is 0 Å². The largest absolute Gasteiger partial charge is 0.135 e. The van der Waals surface area contributed by atoms with Crippen molar-refractivity contribution in [2.75, 3.05) is 0 Å². The zero-order valence-corrected chi connectivity index (χ0v) is 18.7. The zero-order chi connectivity index (χ0) is 15.6. The van der Waals surface area contributed by atoms with Crippen molar-refractivity contribution < 1.29 is 0 Å². The van der Waals surface area contributed by atoms with Gasteiger partial charge < -0.3 is 0 Å². The average Bonchev–Trinajstić information content (AvgIpc) is 2.45. The van der Waals surface area contributed by atoms with Crippen LogP contribution in [0.25, 0.3) is 0 Å². The summed E-state index contributed by atoms with van der Waals surface area (Å²) in [5, 5.41) is 0. The number of unbranched alkanes of at least 4 members (excludes halogenated alkanes) is 6. The van der Waals surface area contributed by atoms with E-state index in [0.29, 0.717) is 4.83 Å². The van der Waals surface area contributed by atoms with E-state index in [1.54, 1.807) is 0 Å². The van der Waals surface area contributed by atoms with Crippen LogP contribution in [-0.2, 0) is 0 Å². The molecule has 1 unspecified atom stereocenters. The van der Waals surface area contributed by atoms with Crippen LogP contribution in [0, 0.1) is 0 Å². The Kier molecular flexibility index (Phi) is 11.2. The maximum atomic E-state index is 3.79. The van der Waals surface area contributed by atoms with Crippen molar-refractivity contribution in [2.24, 2.45) is 0 Å². The molecule has 0 saturated heterocycles. The van der Waals surface area contributed by atoms with Crippen molar-refractivity contribution in [3.05, 3.63) is 35.9 Å². The summed E-state index contributed by atoms with van der Waals surface area (Å²) in [4.78, 5) is 0.517. The lowest BCUT2D eigenvalue weighted by Crippen LogP contribution is -1.98. The Hall–Kier alpha value is 1.14. The van der Waals surface area contributed by atoms with Gasteiger partial charge in [0.2, 0.25) is 0 Å². The van der Waals surface area contributed by atoms with Gasteiger partial charge >= 0.3 is 0 Å². The number of benzene rings is 1. The molecule has 0 bridgehead atoms. The van der Waals surface area contributed by atoms with Gasteiger partial charge in [-0.05, 0) is 18.4 Å². The molecule has 0 saturated carbocycles. The third-order valence-electron chi connectivity index (χ3n) is 3.58. The first-order valence-corrected chi connectivity index (χ1v) is 11.0. The Morgan fingerprint density at radius 2 is 1.29 bits per heavy atom. The van der Waals surface area contributed by atoms with Crippen LogP contribution in [0.1, 0.15) is 68.2 Å². The van der Waals surface area contributed by atoms with Gasteiger partial charge in [0, 0.05) is 4.83 Å². The van der Waals surface area contributed by atoms with Crippen LogP contribution in [0.5, 0.6) is 0 Å². The molecule has 0 fully saturated rings. The minimum absolute atomic E-state index is 0.0463. The van der Waals surface area contributed by atoms with E-state index in [-0.39, 0.29) is 2.14 Å². The summed E-state index contributed by atoms with van der Waals surface area (Å²) in [5.41, 5.74) is 1.40. The molecule has 0 aliphatic heterocycles. The minimum atomic E-state index is -0.0463. The third-order valence-corrected chi connectivity index (χ3v) is 5.76. The molecule has 1 rings (SSSR count). The maximum Gasteiger partial charge on any atom is 0.135 e. The quantitative estimate of drug-likeness (QED) is 0.203. The summed E-state index contributed by atoms with van der Waals surface area (Å²) >= 11 is 14.4. The summed E-state index contributed by atoms with van der Waals surface area (Å²) in [6.07, 6.45) is 11.7. The van der Waals surface area contributed by atoms with E-state index in [1.165, 1.54) is 56.9 Å². The van der Waals surface area contributed by atoms with E-state index < -0.39 is 0 Å². The third kappa shape index (κ3) is 11.3. The standard InChI is InChI=1S/C17H24Br4/c18-16(15-11-7-6-8-12-15)13-9-4-2-1-3-5-10-14-17(19,20)21/h6-8,11-12,16H,1-5,9-10,13-14H2. The molecule has 120 valence electrons. The van der Waals surface area contributed by atoms with Gasteiger partial charge in [-0.15, -0.1) is 0 Å². The molecule has 0 N–H and O–H groups in total. The first-order chi connectivity index (χ1) is 9.99. The molecule has 1 aromatic rings. The van der Waals surface area contributed by atoms with E-state index >= 15 is 0 Å². The molecule has 1 atom stereocenters. The molecule has 1 aromatic carbocycles. The predicted molar refractivity (Wildman–Crippen MR) is 109 cm³/mol. The van der Waals surface area contributed by atoms with E-state index in [9.17, 15) is 0 Å². The fourth-order valence-corrected chi connectivity index (χ4v) is 3.83. The van der Waals surface area contributed by atoms with E-state index in [2.05, 4.69) is 94.1 Å². The summed E-state index contributed by atoms with van der Waals surface area (Å²) in [6.45, 7) is 0. The lowest BCUT2D eigenvalue weighted by atomic mass is 10.0. The fraction of sp³-hybridized carbons (Fsp3) is 0.647. The van der Waals surface area contributed by atoms with Crippen LogP contribution in [-0.4, -0.2) is 2.14 Å². The van der Waals surface area contributed by atoms with Crippen molar-refractivity contribution in [3.63, 3.8) is 0 Å². The van der Waals surface area contributed by atoms with Crippen LogP contribution in [0.15, 0.2) is 30.3 Å². The lowest BCUT2D eigenvalue weighted by Gasteiger charge is -2.11. The van der Waals surface area contributed by atoms with Crippen LogP contribution in [0.2, 0.25) is 0 Å². The summed E-state index contributed by atoms with van der Waals surface area (Å²) in [5.74, 6) is 0. The second kappa shape index (κ2) is 11.6. The molecule has 0 aromatic heterocycles. The molecule has 0 nitrogen and oxygen atoms in total. The van der Waals surface area contributed by atoms with Crippen molar-refractivity contribution >= 4 is 63.7 Å². The number of hydrogen-bond donors (Lipinski definition) is 0. The van der Waals surface area contributed by atoms with Crippen LogP contribution in [0.4, 0.5) is 0 Å². The molecule has 21 heavy (non-hydrogen) atoms. The fourth-order valence-electron chi connectivity index (χ4n) is 2.36. The average molecular weight is 548 g/mol. The number of rotatable bonds is 10. The Bertz CT molecular complexity index is 359. The highest BCUT2D eigenvalue weighted by molar-refractivity contribution is 9.39. The van der Waals surface area contributed by atoms with E-state index in [1.807, 2.05) is 0 Å². The van der Waals surface area contributed by atoms with Gasteiger partial charge in [0.1, 0.15) is 2.14 Å². The highest BCUT2D eigenvalue weighted by Crippen LogP contribution is 2.38. The topological polar surface area (TPSA) is 0 Å². The van der Waals surface area contributed by atoms with Crippen molar-refractivity contribution in [1.29, 1.82) is 0 Å². The van der Waals surface area contributed by atoms with E-state index in [4.69, 9.17) is 0 Å². The Labute approximate surface area is 163 Å². The Balaban J connectivity index is 1.93. The molecule has 0 spiro atoms. The lowest BCUT2D eigenvalue weighted by molar-refractivity contribution is 0.563. The predicted octanol–water partition coefficient (Wildman–Crippen LogP) is 8.47. The van der Waals surface area contributed by atoms with Gasteiger partial charge in [0.05, 0.1) is 0 Å². The van der Waals surface area contributed by atoms with Crippen molar-refractivity contribution in [1.82, 2.24) is 0 Å². The highest BCUT2D eigenvalue weighted by Gasteiger charge is 2.15. The first-order valence-electron chi connectivity index (χ1n) is 7.75. The first kappa shape index (κ1) is 20.2. The second-order valence-corrected chi connectivity index (χ2v) is 13.9. The maximum absolute atomic E-state index is 3.79. The summed E-state index contributed by atoms with van der Waals surface area (Å²) in [6, 6.07) is 10.7. The van der Waals surface area contributed by atoms with Gasteiger partial charge in [0.15, 0.2) is 0 Å². The molecule has 4 heteroatoms. The second-order valence-electron chi connectivity index (χ2n) is 5.51. The molecule has 0 amide bonds. The van der Waals surface area contributed by atoms with Crippen LogP contribution >= 0.6 is 63.7 Å². The molecule has 0 aliphatic carbocycles. The smallest absolute Gasteiger partial charge is 0.0839 e. The molecule has 0 heterocycles. The van der Waals surface area contributed by atoms with Gasteiger partial charge in [-0.25, -0.2) is 0 Å². The van der Waals surface area contributed by atoms with E-state index in [0.717, 1.165) is 6.42 Å². The number of halogens is 4. The van der Waals surface area contributed by atoms with Crippen LogP contribution < -0.4 is 0 Å². The molecular formula is C17H24Br4. The molecule has 0 radical (unpaired) electrons. The Morgan fingerprint density at radius 1 is 0.762 bits per heavy atom. The zero-order valence-electron chi connectivity index (χ0n) is 12.3. The summed E-state index contributed by atoms with van der Waals surface area (Å²) < 4.78 is -0.0463. The molecular weight excluding hydrogens is 524 g/mol. The highest BCUT2D eigenvalue weighted by atomic mass is 80.0. The van der Waals surface area contributed by atoms with Crippen molar-refractivity contribution in [3.8, 4) is 0 Å². The summed E-state index contributed by atoms with van der Waals surface area (Å²) in [7, 11) is 0. The van der Waals surface area contributed by atoms with Crippen LogP contribution in [0.3, 0.4) is 0 Å². The Morgan fingerprint density at radius 3 is 1.86 bits per heavy atom. The molecule has 0 aliphatic rings. The van der Waals surface area contributed by atoms with Gasteiger partial charge in [-0.1, -0.05) is 139 Å². The van der Waals surface area contributed by atoms with Gasteiger partial charge in [0.25, 0.3) is 0 Å². The SMILES string of the molecule is BrC(CCCCCCCCCC(Br)(Br)Br)c1ccccc1. The number of hydrogen-bond acceptors (Lipinski definition) is 0. The normalized spacial score (nSPS) is 13.3. The number of alkyl halides is 4. The minimum Gasteiger partial charge on any atom is -0.0839 e. The monoisotopic (exact) mass is 544 g/mol. The van der Waals surface area contributed by atoms with Gasteiger partial charge in [-0.2, -0.15) is 0 Å².